The monoisotopic (exact) mass is 661 g/mol. The zero-order valence-electron chi connectivity index (χ0n) is 23.8. The van der Waals surface area contributed by atoms with Crippen molar-refractivity contribution >= 4 is 69.2 Å². The molecule has 0 fully saturated rings. The summed E-state index contributed by atoms with van der Waals surface area (Å²) in [7, 11) is 0. The Morgan fingerprint density at radius 3 is 2.27 bits per heavy atom. The molecular weight excluding hydrogens is 637 g/mol. The number of halogens is 2. The molecule has 1 aromatic heterocycles. The number of aromatic nitrogens is 1. The van der Waals surface area contributed by atoms with E-state index in [-0.39, 0.29) is 5.25 Å². The molecule has 2 aliphatic rings. The molecule has 220 valence electrons. The van der Waals surface area contributed by atoms with Crippen LogP contribution in [0.4, 0.5) is 5.69 Å². The highest BCUT2D eigenvalue weighted by Gasteiger charge is 2.53. The lowest BCUT2D eigenvalue weighted by molar-refractivity contribution is -0.0284. The summed E-state index contributed by atoms with van der Waals surface area (Å²) in [6.07, 6.45) is 0.594. The Kier molecular flexibility index (Phi) is 7.46. The molecule has 0 spiro atoms. The molecule has 0 saturated carbocycles. The van der Waals surface area contributed by atoms with Gasteiger partial charge in [0.05, 0.1) is 11.2 Å². The van der Waals surface area contributed by atoms with Crippen LogP contribution in [0.15, 0.2) is 153 Å². The van der Waals surface area contributed by atoms with E-state index in [1.54, 1.807) is 11.8 Å². The average Bonchev–Trinajstić information content (AvgIpc) is 3.38. The molecule has 45 heavy (non-hydrogen) atoms. The summed E-state index contributed by atoms with van der Waals surface area (Å²) in [6.45, 7) is 0. The summed E-state index contributed by atoms with van der Waals surface area (Å²) in [6, 6.07) is 45.2. The van der Waals surface area contributed by atoms with E-state index in [1.165, 1.54) is 0 Å². The summed E-state index contributed by atoms with van der Waals surface area (Å²) in [5.74, 6) is 0.728. The van der Waals surface area contributed by atoms with Crippen LogP contribution in [0.25, 0.3) is 10.9 Å². The summed E-state index contributed by atoms with van der Waals surface area (Å²) >= 11 is 16.2. The van der Waals surface area contributed by atoms with Gasteiger partial charge in [-0.25, -0.2) is 4.98 Å². The molecule has 8 rings (SSSR count). The molecule has 2 atom stereocenters. The summed E-state index contributed by atoms with van der Waals surface area (Å²) in [4.78, 5) is 16.5. The van der Waals surface area contributed by atoms with Gasteiger partial charge in [-0.15, -0.1) is 11.8 Å². The first-order valence-electron chi connectivity index (χ1n) is 14.5. The number of hydrogen-bond acceptors (Lipinski definition) is 6. The van der Waals surface area contributed by atoms with E-state index in [0.717, 1.165) is 53.9 Å². The zero-order chi connectivity index (χ0) is 30.4. The Morgan fingerprint density at radius 1 is 0.778 bits per heavy atom. The predicted molar refractivity (Wildman–Crippen MR) is 187 cm³/mol. The van der Waals surface area contributed by atoms with E-state index in [0.29, 0.717) is 16.5 Å². The maximum Gasteiger partial charge on any atom is 0.242 e. The third kappa shape index (κ3) is 5.26. The average molecular weight is 663 g/mol. The quantitative estimate of drug-likeness (QED) is 0.184. The largest absolute Gasteiger partial charge is 0.360 e. The molecule has 2 aliphatic heterocycles. The maximum atomic E-state index is 6.70. The molecule has 4 nitrogen and oxygen atoms in total. The number of rotatable bonds is 5. The van der Waals surface area contributed by atoms with Crippen molar-refractivity contribution < 1.29 is 4.84 Å². The highest BCUT2D eigenvalue weighted by Crippen LogP contribution is 2.57. The van der Waals surface area contributed by atoms with Crippen LogP contribution >= 0.6 is 46.7 Å². The van der Waals surface area contributed by atoms with Crippen LogP contribution in [0.2, 0.25) is 10.0 Å². The highest BCUT2D eigenvalue weighted by molar-refractivity contribution is 8.00. The van der Waals surface area contributed by atoms with E-state index in [1.807, 2.05) is 72.4 Å². The maximum absolute atomic E-state index is 6.70. The number of anilines is 1. The lowest BCUT2D eigenvalue weighted by Gasteiger charge is -2.38. The van der Waals surface area contributed by atoms with Gasteiger partial charge in [-0.1, -0.05) is 101 Å². The van der Waals surface area contributed by atoms with E-state index in [2.05, 4.69) is 77.7 Å². The number of nitrogens with zero attached hydrogens (tertiary/aromatic N) is 3. The fourth-order valence-electron chi connectivity index (χ4n) is 5.99. The first-order valence-corrected chi connectivity index (χ1v) is 17.0. The van der Waals surface area contributed by atoms with Crippen molar-refractivity contribution in [2.45, 2.75) is 32.2 Å². The zero-order valence-corrected chi connectivity index (χ0v) is 27.0. The van der Waals surface area contributed by atoms with Crippen LogP contribution < -0.4 is 4.90 Å². The fourth-order valence-corrected chi connectivity index (χ4v) is 8.65. The highest BCUT2D eigenvalue weighted by atomic mass is 35.5. The van der Waals surface area contributed by atoms with E-state index >= 15 is 0 Å². The van der Waals surface area contributed by atoms with Crippen molar-refractivity contribution in [1.29, 1.82) is 0 Å². The normalized spacial score (nSPS) is 18.9. The Morgan fingerprint density at radius 2 is 1.47 bits per heavy atom. The minimum Gasteiger partial charge on any atom is -0.360 e. The van der Waals surface area contributed by atoms with Gasteiger partial charge >= 0.3 is 0 Å². The van der Waals surface area contributed by atoms with Gasteiger partial charge in [0.2, 0.25) is 5.72 Å². The second-order valence-electron chi connectivity index (χ2n) is 10.9. The van der Waals surface area contributed by atoms with Crippen molar-refractivity contribution in [1.82, 2.24) is 4.98 Å². The van der Waals surface area contributed by atoms with Crippen LogP contribution in [0, 0.1) is 0 Å². The molecule has 0 saturated heterocycles. The number of benzene rings is 5. The van der Waals surface area contributed by atoms with Crippen LogP contribution in [-0.2, 0) is 10.6 Å². The lowest BCUT2D eigenvalue weighted by Crippen LogP contribution is -2.47. The van der Waals surface area contributed by atoms with Crippen LogP contribution in [0.3, 0.4) is 0 Å². The lowest BCUT2D eigenvalue weighted by atomic mass is 9.92. The Balaban J connectivity index is 1.34. The van der Waals surface area contributed by atoms with Gasteiger partial charge in [0.1, 0.15) is 5.03 Å². The number of oxime groups is 1. The predicted octanol–water partition coefficient (Wildman–Crippen LogP) is 11.0. The molecule has 3 heterocycles. The van der Waals surface area contributed by atoms with Gasteiger partial charge < -0.3 is 4.84 Å². The molecule has 0 aliphatic carbocycles. The number of thioether (sulfide) groups is 1. The number of para-hydroxylation sites is 2. The Labute approximate surface area is 280 Å². The standard InChI is InChI=1S/C37H25Cl2N3OS2/c38-27-18-14-24(15-19-27)35-41-43-37(26-16-20-28(39)21-17-26)23-34(45-33-13-7-6-12-32(33)42(35)37)30-22-25-8-4-5-11-31(25)40-36(30)44-29-9-2-1-3-10-29/h1-22,34H,23H2. The Hall–Kier alpha value is -3.94. The summed E-state index contributed by atoms with van der Waals surface area (Å²) in [5.41, 5.74) is 4.08. The van der Waals surface area contributed by atoms with Crippen LogP contribution in [-0.4, -0.2) is 10.8 Å². The van der Waals surface area contributed by atoms with Crippen molar-refractivity contribution in [3.05, 3.63) is 160 Å². The minimum absolute atomic E-state index is 0.0325. The Bertz CT molecular complexity index is 2060. The number of hydrogen-bond donors (Lipinski definition) is 0. The fraction of sp³-hybridized carbons (Fsp3) is 0.0811. The van der Waals surface area contributed by atoms with Gasteiger partial charge in [0.25, 0.3) is 0 Å². The SMILES string of the molecule is Clc1ccc(C2=NOC3(c4ccc(Cl)cc4)CC(c4cc5ccccc5nc4Sc4ccccc4)Sc4ccccc4N23)cc1. The van der Waals surface area contributed by atoms with Crippen molar-refractivity contribution in [3.8, 4) is 0 Å². The molecule has 8 heteroatoms. The number of pyridine rings is 1. The molecule has 5 aromatic carbocycles. The van der Waals surface area contributed by atoms with Gasteiger partial charge in [0.15, 0.2) is 5.84 Å². The molecular formula is C37H25Cl2N3OS2. The molecule has 0 amide bonds. The first kappa shape index (κ1) is 28.5. The van der Waals surface area contributed by atoms with Gasteiger partial charge in [0, 0.05) is 48.0 Å². The second kappa shape index (κ2) is 11.8. The van der Waals surface area contributed by atoms with E-state index < -0.39 is 5.72 Å². The molecule has 0 bridgehead atoms. The molecule has 0 radical (unpaired) electrons. The first-order chi connectivity index (χ1) is 22.1. The van der Waals surface area contributed by atoms with Gasteiger partial charge in [-0.2, -0.15) is 0 Å². The second-order valence-corrected chi connectivity index (χ2v) is 14.1. The third-order valence-electron chi connectivity index (χ3n) is 8.11. The molecule has 2 unspecified atom stereocenters. The van der Waals surface area contributed by atoms with E-state index in [4.69, 9.17) is 38.2 Å². The third-order valence-corrected chi connectivity index (χ3v) is 10.9. The van der Waals surface area contributed by atoms with Crippen LogP contribution in [0.1, 0.15) is 28.4 Å². The van der Waals surface area contributed by atoms with E-state index in [9.17, 15) is 0 Å². The number of amidine groups is 1. The smallest absolute Gasteiger partial charge is 0.242 e. The van der Waals surface area contributed by atoms with Gasteiger partial charge in [-0.05, 0) is 78.4 Å². The number of fused-ring (bicyclic) bond motifs is 4. The van der Waals surface area contributed by atoms with Crippen molar-refractivity contribution in [3.63, 3.8) is 0 Å². The molecule has 0 N–H and O–H groups in total. The molecule has 6 aromatic rings. The van der Waals surface area contributed by atoms with Gasteiger partial charge in [-0.3, -0.25) is 4.90 Å². The summed E-state index contributed by atoms with van der Waals surface area (Å²) in [5, 5.41) is 8.18. The van der Waals surface area contributed by atoms with Crippen molar-refractivity contribution in [2.75, 3.05) is 4.90 Å². The summed E-state index contributed by atoms with van der Waals surface area (Å²) < 4.78 is 0. The minimum atomic E-state index is -0.954. The van der Waals surface area contributed by atoms with Crippen LogP contribution in [0.5, 0.6) is 0 Å². The topological polar surface area (TPSA) is 37.7 Å². The van der Waals surface area contributed by atoms with Crippen molar-refractivity contribution in [2.24, 2.45) is 5.16 Å².